The van der Waals surface area contributed by atoms with Crippen molar-refractivity contribution in [3.8, 4) is 5.69 Å². The Hall–Kier alpha value is -3.58. The van der Waals surface area contributed by atoms with E-state index in [0.29, 0.717) is 5.56 Å². The Labute approximate surface area is 211 Å². The lowest BCUT2D eigenvalue weighted by Gasteiger charge is -2.19. The number of benzene rings is 3. The second-order valence-electron chi connectivity index (χ2n) is 9.70. The number of aromatic nitrogens is 3. The van der Waals surface area contributed by atoms with Gasteiger partial charge in [0.05, 0.1) is 5.69 Å². The van der Waals surface area contributed by atoms with E-state index in [1.165, 1.54) is 24.0 Å². The molecule has 4 rings (SSSR count). The van der Waals surface area contributed by atoms with E-state index in [4.69, 9.17) is 12.2 Å². The van der Waals surface area contributed by atoms with Gasteiger partial charge in [-0.2, -0.15) is 4.80 Å². The topological polar surface area (TPSA) is 71.8 Å². The number of unbranched alkanes of at least 4 members (excludes halogenated alkanes) is 1. The number of nitrogens with zero attached hydrogens (tertiary/aromatic N) is 3. The molecular weight excluding hydrogens is 454 g/mol. The number of hydrogen-bond donors (Lipinski definition) is 2. The Morgan fingerprint density at radius 2 is 1.63 bits per heavy atom. The third-order valence-corrected chi connectivity index (χ3v) is 6.07. The summed E-state index contributed by atoms with van der Waals surface area (Å²) in [6.45, 7) is 8.62. The molecular formula is C28H31N5OS. The fourth-order valence-corrected chi connectivity index (χ4v) is 3.95. The van der Waals surface area contributed by atoms with Gasteiger partial charge >= 0.3 is 0 Å². The van der Waals surface area contributed by atoms with E-state index >= 15 is 0 Å². The number of fused-ring (bicyclic) bond motifs is 1. The van der Waals surface area contributed by atoms with Crippen molar-refractivity contribution >= 4 is 40.0 Å². The van der Waals surface area contributed by atoms with Gasteiger partial charge in [-0.05, 0) is 84.1 Å². The van der Waals surface area contributed by atoms with Crippen LogP contribution in [0.5, 0.6) is 0 Å². The number of nitrogens with one attached hydrogen (secondary N) is 2. The zero-order valence-electron chi connectivity index (χ0n) is 20.6. The molecule has 7 heteroatoms. The summed E-state index contributed by atoms with van der Waals surface area (Å²) in [6, 6.07) is 21.5. The van der Waals surface area contributed by atoms with E-state index in [2.05, 4.69) is 60.7 Å². The highest BCUT2D eigenvalue weighted by Gasteiger charge is 2.15. The molecule has 180 valence electrons. The number of hydrogen-bond acceptors (Lipinski definition) is 4. The van der Waals surface area contributed by atoms with Crippen LogP contribution in [-0.4, -0.2) is 26.0 Å². The van der Waals surface area contributed by atoms with Crippen LogP contribution in [0.15, 0.2) is 66.7 Å². The van der Waals surface area contributed by atoms with Gasteiger partial charge in [-0.15, -0.1) is 10.2 Å². The largest absolute Gasteiger partial charge is 0.332 e. The summed E-state index contributed by atoms with van der Waals surface area (Å²) in [7, 11) is 0. The third-order valence-electron chi connectivity index (χ3n) is 5.86. The monoisotopic (exact) mass is 485 g/mol. The Morgan fingerprint density at radius 3 is 2.29 bits per heavy atom. The predicted molar refractivity (Wildman–Crippen MR) is 146 cm³/mol. The van der Waals surface area contributed by atoms with Crippen molar-refractivity contribution < 1.29 is 4.79 Å². The number of carbonyl (C=O) groups is 1. The predicted octanol–water partition coefficient (Wildman–Crippen LogP) is 6.19. The molecule has 0 aliphatic carbocycles. The minimum Gasteiger partial charge on any atom is -0.332 e. The maximum absolute atomic E-state index is 12.6. The molecule has 0 aliphatic heterocycles. The zero-order valence-corrected chi connectivity index (χ0v) is 21.4. The molecule has 0 fully saturated rings. The van der Waals surface area contributed by atoms with Crippen molar-refractivity contribution in [1.29, 1.82) is 0 Å². The van der Waals surface area contributed by atoms with Crippen LogP contribution < -0.4 is 10.6 Å². The van der Waals surface area contributed by atoms with E-state index in [1.807, 2.05) is 54.6 Å². The Balaban J connectivity index is 1.41. The lowest BCUT2D eigenvalue weighted by Crippen LogP contribution is -2.34. The van der Waals surface area contributed by atoms with Crippen LogP contribution in [0, 0.1) is 0 Å². The van der Waals surface area contributed by atoms with Crippen molar-refractivity contribution in [2.24, 2.45) is 0 Å². The summed E-state index contributed by atoms with van der Waals surface area (Å²) in [5.41, 5.74) is 6.23. The minimum absolute atomic E-state index is 0.0322. The molecule has 0 unspecified atom stereocenters. The number of thiocarbonyl (C=S) groups is 1. The van der Waals surface area contributed by atoms with Gasteiger partial charge in [-0.1, -0.05) is 58.4 Å². The second kappa shape index (κ2) is 10.4. The molecule has 1 heterocycles. The summed E-state index contributed by atoms with van der Waals surface area (Å²) in [5.74, 6) is -0.252. The number of amides is 1. The molecule has 1 aromatic heterocycles. The first-order chi connectivity index (χ1) is 16.7. The van der Waals surface area contributed by atoms with Crippen LogP contribution in [0.1, 0.15) is 62.0 Å². The maximum Gasteiger partial charge on any atom is 0.257 e. The summed E-state index contributed by atoms with van der Waals surface area (Å²) >= 11 is 5.36. The van der Waals surface area contributed by atoms with Gasteiger partial charge in [-0.25, -0.2) is 0 Å². The Morgan fingerprint density at radius 1 is 0.943 bits per heavy atom. The van der Waals surface area contributed by atoms with Gasteiger partial charge in [0, 0.05) is 11.3 Å². The lowest BCUT2D eigenvalue weighted by molar-refractivity contribution is 0.0977. The molecule has 0 saturated carbocycles. The molecule has 0 saturated heterocycles. The highest BCUT2D eigenvalue weighted by atomic mass is 32.1. The van der Waals surface area contributed by atoms with Crippen molar-refractivity contribution in [1.82, 2.24) is 20.3 Å². The smallest absolute Gasteiger partial charge is 0.257 e. The summed E-state index contributed by atoms with van der Waals surface area (Å²) in [4.78, 5) is 14.2. The third kappa shape index (κ3) is 6.11. The van der Waals surface area contributed by atoms with Crippen LogP contribution in [-0.2, 0) is 11.8 Å². The molecule has 4 aromatic rings. The van der Waals surface area contributed by atoms with Crippen molar-refractivity contribution in [3.63, 3.8) is 0 Å². The van der Waals surface area contributed by atoms with Gasteiger partial charge in [0.25, 0.3) is 5.91 Å². The quantitative estimate of drug-likeness (QED) is 0.319. The molecule has 6 nitrogen and oxygen atoms in total. The first kappa shape index (κ1) is 24.5. The first-order valence-corrected chi connectivity index (χ1v) is 12.3. The average Bonchev–Trinajstić information content (AvgIpc) is 3.26. The van der Waals surface area contributed by atoms with E-state index < -0.39 is 0 Å². The lowest BCUT2D eigenvalue weighted by atomic mass is 9.87. The average molecular weight is 486 g/mol. The van der Waals surface area contributed by atoms with Crippen LogP contribution in [0.3, 0.4) is 0 Å². The Bertz CT molecular complexity index is 1330. The molecule has 0 atom stereocenters. The number of anilines is 1. The Kier molecular flexibility index (Phi) is 7.26. The molecule has 35 heavy (non-hydrogen) atoms. The maximum atomic E-state index is 12.6. The number of aryl methyl sites for hydroxylation is 1. The highest BCUT2D eigenvalue weighted by Crippen LogP contribution is 2.22. The first-order valence-electron chi connectivity index (χ1n) is 11.9. The van der Waals surface area contributed by atoms with E-state index in [0.717, 1.165) is 28.8 Å². The zero-order chi connectivity index (χ0) is 25.0. The molecule has 0 spiro atoms. The van der Waals surface area contributed by atoms with E-state index in [1.54, 1.807) is 4.80 Å². The number of carbonyl (C=O) groups excluding carboxylic acids is 1. The van der Waals surface area contributed by atoms with Crippen LogP contribution in [0.4, 0.5) is 5.69 Å². The highest BCUT2D eigenvalue weighted by molar-refractivity contribution is 7.80. The SMILES string of the molecule is CCCCc1ccc(-n2nc3ccc(NC(=S)NC(=O)c4ccc(C(C)(C)C)cc4)cc3n2)cc1. The standard InChI is InChI=1S/C28H31N5OS/c1-5-6-7-19-8-15-23(16-9-19)33-31-24-17-14-22(18-25(24)32-33)29-27(35)30-26(34)20-10-12-21(13-11-20)28(2,3)4/h8-18H,5-7H2,1-4H3,(H2,29,30,34,35). The van der Waals surface area contributed by atoms with Crippen molar-refractivity contribution in [2.45, 2.75) is 52.4 Å². The van der Waals surface area contributed by atoms with E-state index in [9.17, 15) is 4.79 Å². The fraction of sp³-hybridized carbons (Fsp3) is 0.286. The van der Waals surface area contributed by atoms with E-state index in [-0.39, 0.29) is 16.4 Å². The second-order valence-corrected chi connectivity index (χ2v) is 10.1. The van der Waals surface area contributed by atoms with Crippen molar-refractivity contribution in [3.05, 3.63) is 83.4 Å². The molecule has 3 aromatic carbocycles. The summed E-state index contributed by atoms with van der Waals surface area (Å²) in [6.07, 6.45) is 3.45. The molecule has 0 radical (unpaired) electrons. The van der Waals surface area contributed by atoms with Crippen LogP contribution in [0.25, 0.3) is 16.7 Å². The van der Waals surface area contributed by atoms with Crippen LogP contribution in [0.2, 0.25) is 0 Å². The molecule has 2 N–H and O–H groups in total. The summed E-state index contributed by atoms with van der Waals surface area (Å²) in [5, 5.41) is 15.2. The van der Waals surface area contributed by atoms with Gasteiger partial charge in [0.15, 0.2) is 5.11 Å². The van der Waals surface area contributed by atoms with Crippen LogP contribution >= 0.6 is 12.2 Å². The molecule has 1 amide bonds. The van der Waals surface area contributed by atoms with Gasteiger partial charge in [0.2, 0.25) is 0 Å². The number of rotatable bonds is 6. The summed E-state index contributed by atoms with van der Waals surface area (Å²) < 4.78 is 0. The minimum atomic E-state index is -0.252. The fourth-order valence-electron chi connectivity index (χ4n) is 3.74. The molecule has 0 aliphatic rings. The normalized spacial score (nSPS) is 11.4. The van der Waals surface area contributed by atoms with Crippen molar-refractivity contribution in [2.75, 3.05) is 5.32 Å². The van der Waals surface area contributed by atoms with Gasteiger partial charge < -0.3 is 5.32 Å². The molecule has 0 bridgehead atoms. The van der Waals surface area contributed by atoms with Gasteiger partial charge in [0.1, 0.15) is 11.0 Å². The van der Waals surface area contributed by atoms with Gasteiger partial charge in [-0.3, -0.25) is 10.1 Å².